The highest BCUT2D eigenvalue weighted by Gasteiger charge is 2.17. The Labute approximate surface area is 157 Å². The first kappa shape index (κ1) is 18.8. The Morgan fingerprint density at radius 1 is 1.33 bits per heavy atom. The van der Waals surface area contributed by atoms with Gasteiger partial charge in [-0.15, -0.1) is 0 Å². The summed E-state index contributed by atoms with van der Waals surface area (Å²) in [7, 11) is 2.12. The molecule has 4 N–H and O–H groups in total. The summed E-state index contributed by atoms with van der Waals surface area (Å²) in [6, 6.07) is 5.12. The highest BCUT2D eigenvalue weighted by atomic mass is 16.1. The molecular weight excluding hydrogens is 346 g/mol. The molecule has 9 nitrogen and oxygen atoms in total. The predicted octanol–water partition coefficient (Wildman–Crippen LogP) is -0.252. The number of nitrogens with zero attached hydrogens (tertiary/aromatic N) is 4. The van der Waals surface area contributed by atoms with Crippen LogP contribution < -0.4 is 21.5 Å². The summed E-state index contributed by atoms with van der Waals surface area (Å²) in [5.41, 5.74) is 6.45. The molecule has 0 atom stereocenters. The molecule has 1 fully saturated rings. The minimum absolute atomic E-state index is 0.00176. The largest absolute Gasteiger partial charge is 0.369 e. The van der Waals surface area contributed by atoms with Gasteiger partial charge in [-0.05, 0) is 26.1 Å². The fraction of sp³-hybridized carbons (Fsp3) is 0.444. The number of carbonyl (C=O) groups is 1. The van der Waals surface area contributed by atoms with Crippen LogP contribution in [-0.4, -0.2) is 59.0 Å². The first-order chi connectivity index (χ1) is 13.0. The monoisotopic (exact) mass is 371 g/mol. The summed E-state index contributed by atoms with van der Waals surface area (Å²) < 4.78 is 0. The average Bonchev–Trinajstić information content (AvgIpc) is 2.84. The van der Waals surface area contributed by atoms with E-state index in [1.807, 2.05) is 12.1 Å². The van der Waals surface area contributed by atoms with Gasteiger partial charge < -0.3 is 20.9 Å². The lowest BCUT2D eigenvalue weighted by atomic mass is 10.2. The van der Waals surface area contributed by atoms with Crippen molar-refractivity contribution in [2.75, 3.05) is 43.9 Å². The summed E-state index contributed by atoms with van der Waals surface area (Å²) >= 11 is 0. The van der Waals surface area contributed by atoms with E-state index in [4.69, 9.17) is 5.73 Å². The minimum Gasteiger partial charge on any atom is -0.369 e. The Morgan fingerprint density at radius 3 is 3.00 bits per heavy atom. The fourth-order valence-corrected chi connectivity index (χ4v) is 3.15. The van der Waals surface area contributed by atoms with Crippen LogP contribution in [0.4, 0.5) is 11.8 Å². The lowest BCUT2D eigenvalue weighted by Gasteiger charge is -2.24. The van der Waals surface area contributed by atoms with Gasteiger partial charge in [0.05, 0.1) is 12.1 Å². The number of pyridine rings is 1. The average molecular weight is 371 g/mol. The number of H-pyrrole nitrogens is 1. The maximum Gasteiger partial charge on any atom is 0.252 e. The van der Waals surface area contributed by atoms with E-state index < -0.39 is 0 Å². The van der Waals surface area contributed by atoms with Gasteiger partial charge in [0.1, 0.15) is 5.82 Å². The van der Waals surface area contributed by atoms with E-state index in [0.29, 0.717) is 12.2 Å². The summed E-state index contributed by atoms with van der Waals surface area (Å²) in [6.45, 7) is 4.27. The SMILES string of the molecule is CN1CCCN(c2ncccc2CNC(=O)Cc2cc(=O)[nH]c(N)n2)CC1. The molecule has 0 bridgehead atoms. The second-order valence-electron chi connectivity index (χ2n) is 6.71. The molecule has 0 saturated carbocycles. The molecule has 144 valence electrons. The molecule has 1 amide bonds. The number of carbonyl (C=O) groups excluding carboxylic acids is 1. The van der Waals surface area contributed by atoms with Crippen molar-refractivity contribution in [3.63, 3.8) is 0 Å². The Bertz CT molecular complexity index is 852. The van der Waals surface area contributed by atoms with Crippen LogP contribution in [0.1, 0.15) is 17.7 Å². The van der Waals surface area contributed by atoms with Crippen molar-refractivity contribution in [2.24, 2.45) is 0 Å². The van der Waals surface area contributed by atoms with Crippen molar-refractivity contribution in [1.29, 1.82) is 0 Å². The van der Waals surface area contributed by atoms with Gasteiger partial charge in [-0.2, -0.15) is 0 Å². The number of nitrogens with one attached hydrogen (secondary N) is 2. The van der Waals surface area contributed by atoms with Crippen molar-refractivity contribution in [2.45, 2.75) is 19.4 Å². The van der Waals surface area contributed by atoms with Crippen LogP contribution in [0.2, 0.25) is 0 Å². The summed E-state index contributed by atoms with van der Waals surface area (Å²) in [4.78, 5) is 39.1. The van der Waals surface area contributed by atoms with Gasteiger partial charge >= 0.3 is 0 Å². The van der Waals surface area contributed by atoms with Gasteiger partial charge in [0.2, 0.25) is 11.9 Å². The van der Waals surface area contributed by atoms with E-state index in [1.54, 1.807) is 6.20 Å². The quantitative estimate of drug-likeness (QED) is 0.663. The molecule has 0 unspecified atom stereocenters. The van der Waals surface area contributed by atoms with Gasteiger partial charge in [0.25, 0.3) is 5.56 Å². The smallest absolute Gasteiger partial charge is 0.252 e. The normalized spacial score (nSPS) is 15.4. The number of nitrogen functional groups attached to an aromatic ring is 1. The van der Waals surface area contributed by atoms with Crippen LogP contribution in [0.15, 0.2) is 29.2 Å². The number of likely N-dealkylation sites (N-methyl/N-ethyl adjacent to an activating group) is 1. The van der Waals surface area contributed by atoms with Crippen LogP contribution in [-0.2, 0) is 17.8 Å². The molecule has 1 aliphatic heterocycles. The zero-order valence-corrected chi connectivity index (χ0v) is 15.4. The van der Waals surface area contributed by atoms with Gasteiger partial charge in [-0.1, -0.05) is 6.07 Å². The highest BCUT2D eigenvalue weighted by molar-refractivity contribution is 5.78. The lowest BCUT2D eigenvalue weighted by molar-refractivity contribution is -0.120. The molecule has 3 heterocycles. The van der Waals surface area contributed by atoms with Gasteiger partial charge in [-0.3, -0.25) is 14.6 Å². The van der Waals surface area contributed by atoms with E-state index in [9.17, 15) is 9.59 Å². The molecule has 27 heavy (non-hydrogen) atoms. The van der Waals surface area contributed by atoms with Crippen molar-refractivity contribution in [3.8, 4) is 0 Å². The van der Waals surface area contributed by atoms with Gasteiger partial charge in [0.15, 0.2) is 0 Å². The Hall–Kier alpha value is -2.94. The maximum atomic E-state index is 12.2. The zero-order chi connectivity index (χ0) is 19.2. The number of nitrogens with two attached hydrogens (primary N) is 1. The lowest BCUT2D eigenvalue weighted by Crippen LogP contribution is -2.31. The Kier molecular flexibility index (Phi) is 6.02. The number of aromatic amines is 1. The summed E-state index contributed by atoms with van der Waals surface area (Å²) in [5.74, 6) is 0.690. The zero-order valence-electron chi connectivity index (χ0n) is 15.4. The second-order valence-corrected chi connectivity index (χ2v) is 6.71. The van der Waals surface area contributed by atoms with Crippen molar-refractivity contribution >= 4 is 17.7 Å². The molecule has 0 aromatic carbocycles. The van der Waals surface area contributed by atoms with Gasteiger partial charge in [-0.25, -0.2) is 9.97 Å². The van der Waals surface area contributed by atoms with Crippen LogP contribution >= 0.6 is 0 Å². The molecule has 0 radical (unpaired) electrons. The minimum atomic E-state index is -0.369. The number of rotatable bonds is 5. The number of anilines is 2. The van der Waals surface area contributed by atoms with E-state index in [1.165, 1.54) is 6.07 Å². The fourth-order valence-electron chi connectivity index (χ4n) is 3.15. The third-order valence-electron chi connectivity index (χ3n) is 4.52. The van der Waals surface area contributed by atoms with Crippen molar-refractivity contribution in [1.82, 2.24) is 25.2 Å². The van der Waals surface area contributed by atoms with Crippen molar-refractivity contribution in [3.05, 3.63) is 46.0 Å². The predicted molar refractivity (Wildman–Crippen MR) is 103 cm³/mol. The molecule has 3 rings (SSSR count). The summed E-state index contributed by atoms with van der Waals surface area (Å²) in [5, 5.41) is 2.88. The third kappa shape index (κ3) is 5.27. The van der Waals surface area contributed by atoms with Crippen molar-refractivity contribution < 1.29 is 4.79 Å². The van der Waals surface area contributed by atoms with Crippen LogP contribution in [0.25, 0.3) is 0 Å². The number of aromatic nitrogens is 3. The van der Waals surface area contributed by atoms with E-state index in [0.717, 1.165) is 44.0 Å². The summed E-state index contributed by atoms with van der Waals surface area (Å²) in [6.07, 6.45) is 2.85. The molecule has 9 heteroatoms. The molecule has 2 aromatic rings. The second kappa shape index (κ2) is 8.63. The first-order valence-corrected chi connectivity index (χ1v) is 9.01. The molecule has 1 saturated heterocycles. The third-order valence-corrected chi connectivity index (χ3v) is 4.52. The first-order valence-electron chi connectivity index (χ1n) is 9.01. The van der Waals surface area contributed by atoms with E-state index in [-0.39, 0.29) is 23.8 Å². The van der Waals surface area contributed by atoms with E-state index >= 15 is 0 Å². The highest BCUT2D eigenvalue weighted by Crippen LogP contribution is 2.18. The van der Waals surface area contributed by atoms with Crippen LogP contribution in [0.3, 0.4) is 0 Å². The molecule has 2 aromatic heterocycles. The molecular formula is C18H25N7O2. The van der Waals surface area contributed by atoms with Crippen LogP contribution in [0, 0.1) is 0 Å². The molecule has 0 aliphatic carbocycles. The van der Waals surface area contributed by atoms with Crippen LogP contribution in [0.5, 0.6) is 0 Å². The van der Waals surface area contributed by atoms with Gasteiger partial charge in [0, 0.05) is 44.0 Å². The molecule has 1 aliphatic rings. The number of amides is 1. The Morgan fingerprint density at radius 2 is 2.19 bits per heavy atom. The number of hydrogen-bond acceptors (Lipinski definition) is 7. The molecule has 0 spiro atoms. The maximum absolute atomic E-state index is 12.2. The van der Waals surface area contributed by atoms with E-state index in [2.05, 4.69) is 37.1 Å². The number of hydrogen-bond donors (Lipinski definition) is 3. The topological polar surface area (TPSA) is 120 Å². The Balaban J connectivity index is 1.64. The standard InChI is InChI=1S/C18H25N7O2/c1-24-6-3-7-25(9-8-24)17-13(4-2-5-20-17)12-21-15(26)10-14-11-16(27)23-18(19)22-14/h2,4-5,11H,3,6-10,12H2,1H3,(H,21,26)(H3,19,22,23,27).